The van der Waals surface area contributed by atoms with Gasteiger partial charge in [0.05, 0.1) is 24.5 Å². The van der Waals surface area contributed by atoms with Gasteiger partial charge in [0.1, 0.15) is 18.2 Å². The number of rotatable bonds is 2. The summed E-state index contributed by atoms with van der Waals surface area (Å²) in [4.78, 5) is 50.7. The summed E-state index contributed by atoms with van der Waals surface area (Å²) in [6, 6.07) is -1.54. The van der Waals surface area contributed by atoms with Gasteiger partial charge in [-0.15, -0.1) is 0 Å². The third-order valence-electron chi connectivity index (χ3n) is 8.58. The molecule has 3 heterocycles. The number of ketones is 1. The molecule has 2 fully saturated rings. The molecule has 0 spiro atoms. The molecule has 1 aromatic rings. The molecule has 0 unspecified atom stereocenters. The Morgan fingerprint density at radius 2 is 1.85 bits per heavy atom. The lowest BCUT2D eigenvalue weighted by molar-refractivity contribution is -0.141. The van der Waals surface area contributed by atoms with Crippen molar-refractivity contribution in [2.75, 3.05) is 6.54 Å². The first kappa shape index (κ1) is 29.8. The number of fused-ring (bicyclic) bond motifs is 4. The Morgan fingerprint density at radius 3 is 2.55 bits per heavy atom. The fraction of sp³-hybridized carbons (Fsp3) is 0.700. The highest BCUT2D eigenvalue weighted by atomic mass is 16.6. The number of carbonyl (C=O) groups excluding carboxylic acids is 3. The molecule has 1 aliphatic carbocycles. The van der Waals surface area contributed by atoms with Crippen molar-refractivity contribution in [3.63, 3.8) is 0 Å². The number of alkyl carbamates (subject to hydrolysis) is 1. The summed E-state index contributed by atoms with van der Waals surface area (Å²) in [5, 5.41) is 2.87. The Labute approximate surface area is 237 Å². The van der Waals surface area contributed by atoms with Crippen LogP contribution < -0.4 is 15.8 Å². The Kier molecular flexibility index (Phi) is 9.36. The maximum Gasteiger partial charge on any atom is 0.408 e. The van der Waals surface area contributed by atoms with Crippen LogP contribution in [0.15, 0.2) is 12.4 Å². The number of hydrogen-bond donors (Lipinski definition) is 2. The van der Waals surface area contributed by atoms with E-state index in [1.165, 1.54) is 13.1 Å². The van der Waals surface area contributed by atoms with Crippen LogP contribution in [0.1, 0.15) is 91.1 Å². The van der Waals surface area contributed by atoms with Gasteiger partial charge in [-0.05, 0) is 69.1 Å². The second-order valence-electron chi connectivity index (χ2n) is 12.6. The van der Waals surface area contributed by atoms with Crippen LogP contribution in [0.4, 0.5) is 4.79 Å². The van der Waals surface area contributed by atoms with Crippen molar-refractivity contribution in [1.82, 2.24) is 20.2 Å². The number of amides is 2. The minimum Gasteiger partial charge on any atom is -0.485 e. The van der Waals surface area contributed by atoms with Gasteiger partial charge in [-0.2, -0.15) is 0 Å². The molecule has 10 heteroatoms. The molecule has 1 saturated carbocycles. The van der Waals surface area contributed by atoms with Crippen LogP contribution in [0.5, 0.6) is 5.75 Å². The van der Waals surface area contributed by atoms with E-state index in [0.717, 1.165) is 50.6 Å². The molecular formula is C30H45N5O5. The number of ether oxygens (including phenoxy) is 2. The molecule has 40 heavy (non-hydrogen) atoms. The van der Waals surface area contributed by atoms with E-state index in [2.05, 4.69) is 10.3 Å². The zero-order valence-electron chi connectivity index (χ0n) is 24.5. The van der Waals surface area contributed by atoms with Crippen LogP contribution in [-0.2, 0) is 20.7 Å². The van der Waals surface area contributed by atoms with Crippen LogP contribution in [0.25, 0.3) is 6.08 Å². The SMILES string of the molecule is CC(=O)[C@@H]1[C@H](C)[C@@H]2CN1C(=O)[C@H](C(C)(C)C)NC(=O)O[C@@H]1CCC[C@H]1CCCCCc1nc(C=CN)ncc1O2. The molecule has 2 aliphatic heterocycles. The van der Waals surface area contributed by atoms with Crippen LogP contribution in [-0.4, -0.2) is 63.5 Å². The number of nitrogens with two attached hydrogens (primary N) is 1. The molecule has 0 radical (unpaired) electrons. The summed E-state index contributed by atoms with van der Waals surface area (Å²) in [5.41, 5.74) is 5.76. The lowest BCUT2D eigenvalue weighted by Gasteiger charge is -2.35. The fourth-order valence-electron chi connectivity index (χ4n) is 6.42. The molecule has 10 nitrogen and oxygen atoms in total. The summed E-state index contributed by atoms with van der Waals surface area (Å²) in [7, 11) is 0. The maximum absolute atomic E-state index is 14.0. The average molecular weight is 556 g/mol. The third kappa shape index (κ3) is 6.75. The highest BCUT2D eigenvalue weighted by Gasteiger charge is 2.49. The van der Waals surface area contributed by atoms with Crippen molar-refractivity contribution in [3.8, 4) is 5.75 Å². The monoisotopic (exact) mass is 555 g/mol. The molecule has 1 saturated heterocycles. The lowest BCUT2D eigenvalue weighted by atomic mass is 9.85. The summed E-state index contributed by atoms with van der Waals surface area (Å²) >= 11 is 0. The highest BCUT2D eigenvalue weighted by Crippen LogP contribution is 2.35. The number of aryl methyl sites for hydroxylation is 1. The van der Waals surface area contributed by atoms with E-state index in [0.29, 0.717) is 23.9 Å². The van der Waals surface area contributed by atoms with Crippen LogP contribution >= 0.6 is 0 Å². The zero-order valence-corrected chi connectivity index (χ0v) is 24.5. The molecular weight excluding hydrogens is 510 g/mol. The Bertz CT molecular complexity index is 1120. The van der Waals surface area contributed by atoms with Gasteiger partial charge >= 0.3 is 6.09 Å². The van der Waals surface area contributed by atoms with Crippen LogP contribution in [0.3, 0.4) is 0 Å². The number of carbonyl (C=O) groups is 3. The minimum atomic E-state index is -0.868. The van der Waals surface area contributed by atoms with Gasteiger partial charge in [0, 0.05) is 5.92 Å². The predicted octanol–water partition coefficient (Wildman–Crippen LogP) is 4.02. The number of Topliss-reactive ketones (excluding diaryl/α,β-unsaturated/α-hetero) is 1. The van der Waals surface area contributed by atoms with Gasteiger partial charge in [0.2, 0.25) is 5.91 Å². The molecule has 6 atom stereocenters. The van der Waals surface area contributed by atoms with Crippen molar-refractivity contribution in [3.05, 3.63) is 23.9 Å². The Morgan fingerprint density at radius 1 is 1.10 bits per heavy atom. The number of aromatic nitrogens is 2. The van der Waals surface area contributed by atoms with E-state index >= 15 is 0 Å². The van der Waals surface area contributed by atoms with Crippen LogP contribution in [0, 0.1) is 17.3 Å². The molecule has 220 valence electrons. The second-order valence-corrected chi connectivity index (χ2v) is 12.6. The van der Waals surface area contributed by atoms with E-state index in [1.54, 1.807) is 17.2 Å². The normalized spacial score (nSPS) is 30.5. The summed E-state index contributed by atoms with van der Waals surface area (Å²) in [6.45, 7) is 9.33. The van der Waals surface area contributed by atoms with E-state index in [9.17, 15) is 14.4 Å². The van der Waals surface area contributed by atoms with Crippen molar-refractivity contribution in [2.45, 2.75) is 110 Å². The van der Waals surface area contributed by atoms with Gasteiger partial charge < -0.3 is 25.4 Å². The Balaban J connectivity index is 1.69. The molecule has 3 N–H and O–H groups in total. The van der Waals surface area contributed by atoms with Gasteiger partial charge in [-0.1, -0.05) is 40.5 Å². The number of nitrogens with one attached hydrogen (secondary N) is 1. The summed E-state index contributed by atoms with van der Waals surface area (Å²) in [6.07, 6.45) is 11.1. The van der Waals surface area contributed by atoms with Crippen molar-refractivity contribution in [2.24, 2.45) is 23.0 Å². The van der Waals surface area contributed by atoms with E-state index < -0.39 is 29.7 Å². The number of nitrogens with zero attached hydrogens (tertiary/aromatic N) is 3. The number of hydrogen-bond acceptors (Lipinski definition) is 8. The largest absolute Gasteiger partial charge is 0.485 e. The van der Waals surface area contributed by atoms with Gasteiger partial charge in [0.25, 0.3) is 0 Å². The predicted molar refractivity (Wildman–Crippen MR) is 151 cm³/mol. The Hall–Kier alpha value is -3.17. The van der Waals surface area contributed by atoms with Crippen molar-refractivity contribution >= 4 is 23.9 Å². The highest BCUT2D eigenvalue weighted by molar-refractivity contribution is 5.92. The van der Waals surface area contributed by atoms with Crippen LogP contribution in [0.2, 0.25) is 0 Å². The molecule has 0 aromatic carbocycles. The van der Waals surface area contributed by atoms with Crippen molar-refractivity contribution < 1.29 is 23.9 Å². The molecule has 2 amide bonds. The van der Waals surface area contributed by atoms with E-state index in [4.69, 9.17) is 20.2 Å². The quantitative estimate of drug-likeness (QED) is 0.558. The fourth-order valence-corrected chi connectivity index (χ4v) is 6.42. The first-order valence-corrected chi connectivity index (χ1v) is 14.7. The van der Waals surface area contributed by atoms with Gasteiger partial charge in [-0.3, -0.25) is 9.59 Å². The average Bonchev–Trinajstić information content (AvgIpc) is 3.45. The second kappa shape index (κ2) is 12.6. The zero-order chi connectivity index (χ0) is 29.0. The molecule has 1 aromatic heterocycles. The van der Waals surface area contributed by atoms with E-state index in [1.807, 2.05) is 27.7 Å². The summed E-state index contributed by atoms with van der Waals surface area (Å²) in [5.74, 6) is 0.684. The standard InChI is InChI=1S/C30H45N5O5/c1-18-24-17-35(26(18)19(2)36)28(37)27(30(3,4)5)34-29(38)40-22-13-9-11-20(22)10-7-6-8-12-21-23(39-24)16-32-25(33-21)14-15-31/h14-16,18,20,22,24,26-27H,6-13,17,31H2,1-5H3,(H,34,38)/t18-,20-,22-,24+,26+,27-/m1/s1. The lowest BCUT2D eigenvalue weighted by Crippen LogP contribution is -2.57. The first-order valence-electron chi connectivity index (χ1n) is 14.7. The maximum atomic E-state index is 14.0. The van der Waals surface area contributed by atoms with Gasteiger partial charge in [-0.25, -0.2) is 14.8 Å². The molecule has 2 bridgehead atoms. The van der Waals surface area contributed by atoms with Crippen molar-refractivity contribution in [1.29, 1.82) is 0 Å². The third-order valence-corrected chi connectivity index (χ3v) is 8.58. The van der Waals surface area contributed by atoms with Gasteiger partial charge in [0.15, 0.2) is 17.4 Å². The topological polar surface area (TPSA) is 137 Å². The first-order chi connectivity index (χ1) is 19.0. The van der Waals surface area contributed by atoms with E-state index in [-0.39, 0.29) is 30.3 Å². The smallest absolute Gasteiger partial charge is 0.408 e. The molecule has 3 aliphatic rings. The summed E-state index contributed by atoms with van der Waals surface area (Å²) < 4.78 is 12.4. The molecule has 4 rings (SSSR count). The minimum absolute atomic E-state index is 0.123.